The van der Waals surface area contributed by atoms with Crippen LogP contribution in [-0.2, 0) is 11.2 Å². The lowest BCUT2D eigenvalue weighted by molar-refractivity contribution is -0.120. The molecule has 0 aliphatic heterocycles. The minimum absolute atomic E-state index is 0.0617. The number of nitrogens with zero attached hydrogens (tertiary/aromatic N) is 1. The summed E-state index contributed by atoms with van der Waals surface area (Å²) in [6.07, 6.45) is 7.10. The van der Waals surface area contributed by atoms with Crippen LogP contribution in [0.3, 0.4) is 0 Å². The predicted octanol–water partition coefficient (Wildman–Crippen LogP) is 2.30. The minimum atomic E-state index is -0.0617. The number of pyridine rings is 1. The third-order valence-corrected chi connectivity index (χ3v) is 3.26. The van der Waals surface area contributed by atoms with Crippen LogP contribution in [0.1, 0.15) is 30.5 Å². The largest absolute Gasteiger partial charge is 0.303 e. The topological polar surface area (TPSA) is 30.0 Å². The summed E-state index contributed by atoms with van der Waals surface area (Å²) >= 11 is 0. The fourth-order valence-corrected chi connectivity index (χ4v) is 2.05. The SMILES string of the molecule is Cc1ncccc1CC1(C=O)CCC1. The van der Waals surface area contributed by atoms with E-state index >= 15 is 0 Å². The zero-order valence-electron chi connectivity index (χ0n) is 8.49. The number of rotatable bonds is 3. The first-order valence-corrected chi connectivity index (χ1v) is 5.13. The number of aryl methyl sites for hydroxylation is 1. The highest BCUT2D eigenvalue weighted by Crippen LogP contribution is 2.41. The molecule has 1 fully saturated rings. The Morgan fingerprint density at radius 3 is 2.86 bits per heavy atom. The Bertz CT molecular complexity index is 342. The van der Waals surface area contributed by atoms with Crippen LogP contribution in [0, 0.1) is 12.3 Å². The van der Waals surface area contributed by atoms with E-state index in [1.165, 1.54) is 12.0 Å². The van der Waals surface area contributed by atoms with Crippen LogP contribution in [0.2, 0.25) is 0 Å². The first-order valence-electron chi connectivity index (χ1n) is 5.13. The van der Waals surface area contributed by atoms with Gasteiger partial charge in [0.2, 0.25) is 0 Å². The second kappa shape index (κ2) is 3.52. The van der Waals surface area contributed by atoms with Gasteiger partial charge >= 0.3 is 0 Å². The summed E-state index contributed by atoms with van der Waals surface area (Å²) in [4.78, 5) is 15.2. The first kappa shape index (κ1) is 9.38. The molecule has 0 unspecified atom stereocenters. The van der Waals surface area contributed by atoms with Gasteiger partial charge in [-0.05, 0) is 37.8 Å². The van der Waals surface area contributed by atoms with Crippen LogP contribution >= 0.6 is 0 Å². The standard InChI is InChI=1S/C12H15NO/c1-10-11(4-2-7-13-10)8-12(9-14)5-3-6-12/h2,4,7,9H,3,5-6,8H2,1H3. The van der Waals surface area contributed by atoms with Crippen molar-refractivity contribution >= 4 is 6.29 Å². The highest BCUT2D eigenvalue weighted by Gasteiger charge is 2.36. The molecule has 0 atom stereocenters. The quantitative estimate of drug-likeness (QED) is 0.683. The second-order valence-electron chi connectivity index (χ2n) is 4.26. The number of aldehydes is 1. The maximum atomic E-state index is 11.0. The van der Waals surface area contributed by atoms with Crippen LogP contribution in [0.4, 0.5) is 0 Å². The summed E-state index contributed by atoms with van der Waals surface area (Å²) in [6, 6.07) is 4.02. The highest BCUT2D eigenvalue weighted by atomic mass is 16.1. The van der Waals surface area contributed by atoms with Crippen molar-refractivity contribution in [3.63, 3.8) is 0 Å². The van der Waals surface area contributed by atoms with E-state index in [1.54, 1.807) is 6.20 Å². The van der Waals surface area contributed by atoms with Crippen molar-refractivity contribution in [1.29, 1.82) is 0 Å². The van der Waals surface area contributed by atoms with Crippen LogP contribution < -0.4 is 0 Å². The lowest BCUT2D eigenvalue weighted by Gasteiger charge is -2.36. The van der Waals surface area contributed by atoms with Crippen molar-refractivity contribution in [2.45, 2.75) is 32.6 Å². The van der Waals surface area contributed by atoms with Gasteiger partial charge in [0.1, 0.15) is 6.29 Å². The molecule has 1 aliphatic rings. The maximum Gasteiger partial charge on any atom is 0.126 e. The van der Waals surface area contributed by atoms with E-state index in [-0.39, 0.29) is 5.41 Å². The van der Waals surface area contributed by atoms with Gasteiger partial charge in [-0.25, -0.2) is 0 Å². The minimum Gasteiger partial charge on any atom is -0.303 e. The zero-order chi connectivity index (χ0) is 10.0. The Labute approximate surface area is 84.4 Å². The van der Waals surface area contributed by atoms with Gasteiger partial charge in [0, 0.05) is 17.3 Å². The molecule has 1 aliphatic carbocycles. The van der Waals surface area contributed by atoms with Crippen LogP contribution in [0.5, 0.6) is 0 Å². The zero-order valence-corrected chi connectivity index (χ0v) is 8.49. The smallest absolute Gasteiger partial charge is 0.126 e. The van der Waals surface area contributed by atoms with E-state index in [2.05, 4.69) is 11.1 Å². The fraction of sp³-hybridized carbons (Fsp3) is 0.500. The van der Waals surface area contributed by atoms with Crippen molar-refractivity contribution in [3.8, 4) is 0 Å². The maximum absolute atomic E-state index is 11.0. The molecule has 1 saturated carbocycles. The average Bonchev–Trinajstić information content (AvgIpc) is 2.14. The van der Waals surface area contributed by atoms with Crippen LogP contribution in [0.15, 0.2) is 18.3 Å². The third kappa shape index (κ3) is 1.57. The van der Waals surface area contributed by atoms with Crippen molar-refractivity contribution in [3.05, 3.63) is 29.6 Å². The molecular formula is C12H15NO. The molecule has 0 radical (unpaired) electrons. The van der Waals surface area contributed by atoms with Gasteiger partial charge in [0.15, 0.2) is 0 Å². The van der Waals surface area contributed by atoms with E-state index < -0.39 is 0 Å². The molecule has 0 N–H and O–H groups in total. The van der Waals surface area contributed by atoms with Gasteiger partial charge < -0.3 is 4.79 Å². The van der Waals surface area contributed by atoms with Gasteiger partial charge in [0.25, 0.3) is 0 Å². The number of carbonyl (C=O) groups excluding carboxylic acids is 1. The average molecular weight is 189 g/mol. The summed E-state index contributed by atoms with van der Waals surface area (Å²) in [5, 5.41) is 0. The van der Waals surface area contributed by atoms with Gasteiger partial charge in [0.05, 0.1) is 0 Å². The molecule has 74 valence electrons. The van der Waals surface area contributed by atoms with Gasteiger partial charge in [-0.15, -0.1) is 0 Å². The molecule has 1 aromatic rings. The molecule has 2 heteroatoms. The lowest BCUT2D eigenvalue weighted by Crippen LogP contribution is -2.33. The molecular weight excluding hydrogens is 174 g/mol. The van der Waals surface area contributed by atoms with Crippen molar-refractivity contribution in [1.82, 2.24) is 4.98 Å². The molecule has 0 bridgehead atoms. The molecule has 0 saturated heterocycles. The molecule has 1 heterocycles. The van der Waals surface area contributed by atoms with E-state index in [4.69, 9.17) is 0 Å². The van der Waals surface area contributed by atoms with Crippen LogP contribution in [0.25, 0.3) is 0 Å². The Morgan fingerprint density at radius 2 is 2.36 bits per heavy atom. The van der Waals surface area contributed by atoms with Gasteiger partial charge in [-0.2, -0.15) is 0 Å². The van der Waals surface area contributed by atoms with Crippen molar-refractivity contribution < 1.29 is 4.79 Å². The summed E-state index contributed by atoms with van der Waals surface area (Å²) in [7, 11) is 0. The van der Waals surface area contributed by atoms with Crippen molar-refractivity contribution in [2.24, 2.45) is 5.41 Å². The Kier molecular flexibility index (Phi) is 2.36. The number of aromatic nitrogens is 1. The van der Waals surface area contributed by atoms with E-state index in [9.17, 15) is 4.79 Å². The van der Waals surface area contributed by atoms with Gasteiger partial charge in [-0.3, -0.25) is 4.98 Å². The number of carbonyl (C=O) groups is 1. The molecule has 0 spiro atoms. The lowest BCUT2D eigenvalue weighted by atomic mass is 9.66. The molecule has 1 aromatic heterocycles. The molecule has 2 rings (SSSR count). The molecule has 0 amide bonds. The first-order chi connectivity index (χ1) is 6.76. The summed E-state index contributed by atoms with van der Waals surface area (Å²) < 4.78 is 0. The second-order valence-corrected chi connectivity index (χ2v) is 4.26. The Balaban J connectivity index is 2.17. The number of hydrogen-bond donors (Lipinski definition) is 0. The van der Waals surface area contributed by atoms with E-state index in [0.29, 0.717) is 0 Å². The van der Waals surface area contributed by atoms with Gasteiger partial charge in [-0.1, -0.05) is 12.5 Å². The van der Waals surface area contributed by atoms with E-state index in [0.717, 1.165) is 31.2 Å². The predicted molar refractivity (Wildman–Crippen MR) is 55.0 cm³/mol. The van der Waals surface area contributed by atoms with Crippen molar-refractivity contribution in [2.75, 3.05) is 0 Å². The normalized spacial score (nSPS) is 18.6. The molecule has 0 aromatic carbocycles. The molecule has 2 nitrogen and oxygen atoms in total. The van der Waals surface area contributed by atoms with E-state index in [1.807, 2.05) is 13.0 Å². The summed E-state index contributed by atoms with van der Waals surface area (Å²) in [5.74, 6) is 0. The molecule has 14 heavy (non-hydrogen) atoms. The monoisotopic (exact) mass is 189 g/mol. The highest BCUT2D eigenvalue weighted by molar-refractivity contribution is 5.61. The third-order valence-electron chi connectivity index (χ3n) is 3.26. The Morgan fingerprint density at radius 1 is 1.57 bits per heavy atom. The Hall–Kier alpha value is -1.18. The fourth-order valence-electron chi connectivity index (χ4n) is 2.05. The van der Waals surface area contributed by atoms with Crippen LogP contribution in [-0.4, -0.2) is 11.3 Å². The summed E-state index contributed by atoms with van der Waals surface area (Å²) in [5.41, 5.74) is 2.22. The number of hydrogen-bond acceptors (Lipinski definition) is 2. The summed E-state index contributed by atoms with van der Waals surface area (Å²) in [6.45, 7) is 2.01.